The summed E-state index contributed by atoms with van der Waals surface area (Å²) in [4.78, 5) is 32.5. The third kappa shape index (κ3) is 4.29. The fourth-order valence-electron chi connectivity index (χ4n) is 7.06. The van der Waals surface area contributed by atoms with Gasteiger partial charge < -0.3 is 24.9 Å². The quantitative estimate of drug-likeness (QED) is 0.280. The summed E-state index contributed by atoms with van der Waals surface area (Å²) in [7, 11) is 1.74. The van der Waals surface area contributed by atoms with E-state index in [4.69, 9.17) is 14.1 Å². The average Bonchev–Trinajstić information content (AvgIpc) is 3.79. The number of aliphatic hydroxyl groups is 1. The van der Waals surface area contributed by atoms with Gasteiger partial charge in [0.15, 0.2) is 23.5 Å². The molecule has 3 aliphatic rings. The number of carbonyl (C=O) groups is 2. The lowest BCUT2D eigenvalue weighted by molar-refractivity contribution is -0.141. The van der Waals surface area contributed by atoms with Crippen LogP contribution in [0.25, 0.3) is 11.5 Å². The number of aryl methyl sites for hydroxylation is 1. The lowest BCUT2D eigenvalue weighted by atomic mass is 9.72. The molecular formula is C33H37N7O5. The van der Waals surface area contributed by atoms with Gasteiger partial charge in [-0.25, -0.2) is 9.67 Å². The Bertz CT molecular complexity index is 1810. The molecule has 0 saturated carbocycles. The Labute approximate surface area is 260 Å². The second kappa shape index (κ2) is 10.5. The number of nitrogens with zero attached hydrogens (tertiary/aromatic N) is 5. The first-order chi connectivity index (χ1) is 21.6. The minimum atomic E-state index is -1.49. The summed E-state index contributed by atoms with van der Waals surface area (Å²) in [5, 5.41) is 30.0. The molecule has 2 aromatic heterocycles. The molecule has 3 N–H and O–H groups in total. The minimum Gasteiger partial charge on any atom is -0.469 e. The molecule has 12 heteroatoms. The first-order valence-corrected chi connectivity index (χ1v) is 15.6. The zero-order valence-electron chi connectivity index (χ0n) is 26.0. The van der Waals surface area contributed by atoms with E-state index in [0.29, 0.717) is 35.3 Å². The number of anilines is 1. The number of hydrogen-bond acceptors (Lipinski definition) is 10. The van der Waals surface area contributed by atoms with Crippen molar-refractivity contribution in [2.24, 2.45) is 18.9 Å². The molecule has 0 fully saturated rings. The smallest absolute Gasteiger partial charge is 0.224 e. The van der Waals surface area contributed by atoms with Crippen LogP contribution in [0.1, 0.15) is 81.3 Å². The number of nitrogens with one attached hydrogen (secondary N) is 2. The van der Waals surface area contributed by atoms with Gasteiger partial charge in [0.05, 0.1) is 0 Å². The van der Waals surface area contributed by atoms with Gasteiger partial charge in [-0.2, -0.15) is 0 Å². The SMILES string of the molecule is CCC(O)(CC)C(=O)CC1Cc2ccc3c(c2)C2(c4ccccc4N[C@H]2O3)c2oc(nc2-c2nnnn2C)[C@H](C(C)C)NC1=O. The summed E-state index contributed by atoms with van der Waals surface area (Å²) in [6.45, 7) is 7.52. The number of Topliss-reactive ketones (excluding diaryl/α,β-unsaturated/α-hetero) is 1. The normalized spacial score (nSPS) is 23.4. The Kier molecular flexibility index (Phi) is 6.81. The topological polar surface area (TPSA) is 157 Å². The summed E-state index contributed by atoms with van der Waals surface area (Å²) >= 11 is 0. The van der Waals surface area contributed by atoms with Crippen LogP contribution in [0.3, 0.4) is 0 Å². The number of fused-ring (bicyclic) bond motifs is 4. The van der Waals surface area contributed by atoms with Gasteiger partial charge >= 0.3 is 0 Å². The van der Waals surface area contributed by atoms with E-state index in [9.17, 15) is 14.7 Å². The van der Waals surface area contributed by atoms with E-state index in [2.05, 4.69) is 32.2 Å². The van der Waals surface area contributed by atoms with Crippen molar-refractivity contribution in [3.63, 3.8) is 0 Å². The van der Waals surface area contributed by atoms with E-state index in [-0.39, 0.29) is 36.9 Å². The van der Waals surface area contributed by atoms with E-state index in [1.54, 1.807) is 25.6 Å². The number of rotatable bonds is 7. The number of amides is 1. The second-order valence-corrected chi connectivity index (χ2v) is 12.7. The Morgan fingerprint density at radius 2 is 1.93 bits per heavy atom. The van der Waals surface area contributed by atoms with Gasteiger partial charge in [0.2, 0.25) is 17.6 Å². The second-order valence-electron chi connectivity index (χ2n) is 12.7. The van der Waals surface area contributed by atoms with E-state index >= 15 is 0 Å². The lowest BCUT2D eigenvalue weighted by Gasteiger charge is -2.29. The van der Waals surface area contributed by atoms with Gasteiger partial charge in [0, 0.05) is 30.6 Å². The standard InChI is InChI=1S/C33H37N7O5/c1-6-32(43,7-2)24(41)16-19-14-18-12-13-23-21(15-18)33(20-10-8-9-11-22(20)34-31(33)44-23)27-26(28-37-38-39-40(28)5)36-30(45-27)25(17(3)4)35-29(19)42/h8-13,15,17,19,25,31,34,43H,6-7,14,16H2,1-5H3,(H,35,42)/t19?,25-,31-,33?/m0/s1. The summed E-state index contributed by atoms with van der Waals surface area (Å²) < 4.78 is 15.0. The molecule has 2 unspecified atom stereocenters. The fraction of sp³-hybridized carbons (Fsp3) is 0.455. The number of hydrogen-bond donors (Lipinski definition) is 3. The average molecular weight is 612 g/mol. The molecule has 1 spiro atoms. The van der Waals surface area contributed by atoms with E-state index in [0.717, 1.165) is 22.4 Å². The highest BCUT2D eigenvalue weighted by molar-refractivity contribution is 5.92. The van der Waals surface area contributed by atoms with Crippen LogP contribution >= 0.6 is 0 Å². The molecule has 5 heterocycles. The molecule has 3 aliphatic heterocycles. The van der Waals surface area contributed by atoms with Crippen LogP contribution in [-0.2, 0) is 28.5 Å². The van der Waals surface area contributed by atoms with Crippen LogP contribution in [0.4, 0.5) is 5.69 Å². The summed E-state index contributed by atoms with van der Waals surface area (Å²) in [6, 6.07) is 13.3. The van der Waals surface area contributed by atoms with Crippen molar-refractivity contribution in [1.29, 1.82) is 0 Å². The molecule has 4 aromatic rings. The highest BCUT2D eigenvalue weighted by atomic mass is 16.5. The number of aromatic nitrogens is 5. The van der Waals surface area contributed by atoms with Crippen molar-refractivity contribution in [2.45, 2.75) is 76.7 Å². The van der Waals surface area contributed by atoms with Crippen molar-refractivity contribution >= 4 is 17.4 Å². The maximum atomic E-state index is 14.1. The minimum absolute atomic E-state index is 0.104. The van der Waals surface area contributed by atoms with Crippen molar-refractivity contribution in [2.75, 3.05) is 5.32 Å². The first kappa shape index (κ1) is 29.1. The molecule has 4 atom stereocenters. The number of ether oxygens (including phenoxy) is 1. The van der Waals surface area contributed by atoms with Gasteiger partial charge in [-0.1, -0.05) is 58.0 Å². The molecule has 7 rings (SSSR count). The predicted molar refractivity (Wildman–Crippen MR) is 163 cm³/mol. The van der Waals surface area contributed by atoms with E-state index in [1.165, 1.54) is 0 Å². The van der Waals surface area contributed by atoms with Crippen molar-refractivity contribution in [3.05, 3.63) is 70.8 Å². The molecule has 4 bridgehead atoms. The van der Waals surface area contributed by atoms with Gasteiger partial charge in [-0.05, 0) is 58.9 Å². The number of carbonyl (C=O) groups excluding carboxylic acids is 2. The van der Waals surface area contributed by atoms with Crippen LogP contribution in [-0.4, -0.2) is 53.8 Å². The zero-order valence-corrected chi connectivity index (χ0v) is 26.0. The Morgan fingerprint density at radius 3 is 2.64 bits per heavy atom. The lowest BCUT2D eigenvalue weighted by Crippen LogP contribution is -2.43. The summed E-state index contributed by atoms with van der Waals surface area (Å²) in [6.07, 6.45) is 0.180. The third-order valence-electron chi connectivity index (χ3n) is 9.78. The summed E-state index contributed by atoms with van der Waals surface area (Å²) in [5.41, 5.74) is 1.57. The van der Waals surface area contributed by atoms with Crippen LogP contribution in [0.2, 0.25) is 0 Å². The first-order valence-electron chi connectivity index (χ1n) is 15.6. The number of ketones is 1. The predicted octanol–water partition coefficient (Wildman–Crippen LogP) is 3.84. The zero-order chi connectivity index (χ0) is 31.7. The highest BCUT2D eigenvalue weighted by Gasteiger charge is 2.61. The molecule has 1 amide bonds. The van der Waals surface area contributed by atoms with Crippen LogP contribution in [0, 0.1) is 11.8 Å². The fourth-order valence-corrected chi connectivity index (χ4v) is 7.06. The summed E-state index contributed by atoms with van der Waals surface area (Å²) in [5.74, 6) is 0.390. The number of oxazole rings is 1. The Morgan fingerprint density at radius 1 is 1.16 bits per heavy atom. The van der Waals surface area contributed by atoms with Crippen molar-refractivity contribution < 1.29 is 23.8 Å². The molecule has 234 valence electrons. The number of benzene rings is 2. The number of tetrazole rings is 1. The van der Waals surface area contributed by atoms with Gasteiger partial charge in [-0.3, -0.25) is 9.59 Å². The van der Waals surface area contributed by atoms with Gasteiger partial charge in [0.25, 0.3) is 0 Å². The molecule has 0 saturated heterocycles. The molecular weight excluding hydrogens is 574 g/mol. The molecule has 12 nitrogen and oxygen atoms in total. The molecule has 0 aliphatic carbocycles. The van der Waals surface area contributed by atoms with Crippen LogP contribution in [0.5, 0.6) is 5.75 Å². The van der Waals surface area contributed by atoms with E-state index < -0.39 is 29.2 Å². The van der Waals surface area contributed by atoms with Crippen molar-refractivity contribution in [3.8, 4) is 17.3 Å². The van der Waals surface area contributed by atoms with Gasteiger partial charge in [0.1, 0.15) is 22.8 Å². The van der Waals surface area contributed by atoms with Gasteiger partial charge in [-0.15, -0.1) is 5.10 Å². The third-order valence-corrected chi connectivity index (χ3v) is 9.78. The maximum absolute atomic E-state index is 14.1. The Hall–Kier alpha value is -4.58. The monoisotopic (exact) mass is 611 g/mol. The van der Waals surface area contributed by atoms with Crippen LogP contribution in [0.15, 0.2) is 46.9 Å². The van der Waals surface area contributed by atoms with E-state index in [1.807, 2.05) is 50.2 Å². The molecule has 45 heavy (non-hydrogen) atoms. The van der Waals surface area contributed by atoms with Crippen LogP contribution < -0.4 is 15.4 Å². The highest BCUT2D eigenvalue weighted by Crippen LogP contribution is 2.59. The Balaban J connectivity index is 1.48. The van der Waals surface area contributed by atoms with Crippen molar-refractivity contribution in [1.82, 2.24) is 30.5 Å². The largest absolute Gasteiger partial charge is 0.469 e. The molecule has 0 radical (unpaired) electrons. The molecule has 2 aromatic carbocycles. The maximum Gasteiger partial charge on any atom is 0.224 e. The number of para-hydroxylation sites is 1.